The molecule has 3 aromatic rings. The fourth-order valence-corrected chi connectivity index (χ4v) is 5.68. The Hall–Kier alpha value is -2.13. The van der Waals surface area contributed by atoms with Gasteiger partial charge in [-0.1, -0.05) is 64.3 Å². The summed E-state index contributed by atoms with van der Waals surface area (Å²) in [4.78, 5) is 5.11. The number of nitrogens with zero attached hydrogens (tertiary/aromatic N) is 2. The van der Waals surface area contributed by atoms with Gasteiger partial charge in [-0.2, -0.15) is 0 Å². The van der Waals surface area contributed by atoms with E-state index in [-0.39, 0.29) is 0 Å². The van der Waals surface area contributed by atoms with Crippen LogP contribution in [-0.2, 0) is 6.42 Å². The van der Waals surface area contributed by atoms with E-state index in [0.717, 1.165) is 30.0 Å². The summed E-state index contributed by atoms with van der Waals surface area (Å²) < 4.78 is 2.59. The van der Waals surface area contributed by atoms with Crippen molar-refractivity contribution in [3.63, 3.8) is 0 Å². The molecule has 4 rings (SSSR count). The smallest absolute Gasteiger partial charge is 0.124 e. The summed E-state index contributed by atoms with van der Waals surface area (Å²) in [6, 6.07) is 11.8. The van der Waals surface area contributed by atoms with Crippen LogP contribution >= 0.6 is 11.3 Å². The number of rotatable bonds is 7. The largest absolute Gasteiger partial charge is 0.340 e. The van der Waals surface area contributed by atoms with Gasteiger partial charge in [0, 0.05) is 22.7 Å². The van der Waals surface area contributed by atoms with Crippen molar-refractivity contribution in [2.75, 3.05) is 0 Å². The Morgan fingerprint density at radius 1 is 1.17 bits per heavy atom. The minimum absolute atomic E-state index is 0.588. The second-order valence-corrected chi connectivity index (χ2v) is 9.49. The lowest BCUT2D eigenvalue weighted by Gasteiger charge is -2.27. The fourth-order valence-electron chi connectivity index (χ4n) is 4.87. The van der Waals surface area contributed by atoms with Crippen molar-refractivity contribution in [2.24, 2.45) is 0 Å². The van der Waals surface area contributed by atoms with Crippen LogP contribution in [0, 0.1) is 6.92 Å². The molecule has 0 saturated heterocycles. The van der Waals surface area contributed by atoms with Gasteiger partial charge in [-0.15, -0.1) is 11.3 Å². The predicted molar refractivity (Wildman–Crippen MR) is 131 cm³/mol. The van der Waals surface area contributed by atoms with Gasteiger partial charge in [0.1, 0.15) is 5.01 Å². The van der Waals surface area contributed by atoms with Gasteiger partial charge in [0.15, 0.2) is 0 Å². The first-order valence-electron chi connectivity index (χ1n) is 11.6. The molecule has 1 aromatic carbocycles. The number of aromatic nitrogens is 2. The third kappa shape index (κ3) is 4.18. The maximum Gasteiger partial charge on any atom is 0.124 e. The third-order valence-corrected chi connectivity index (χ3v) is 7.40. The molecule has 158 valence electrons. The normalized spacial score (nSPS) is 14.9. The van der Waals surface area contributed by atoms with Gasteiger partial charge in [0.05, 0.1) is 11.4 Å². The minimum Gasteiger partial charge on any atom is -0.340 e. The molecule has 2 aromatic heterocycles. The highest BCUT2D eigenvalue weighted by Crippen LogP contribution is 2.39. The van der Waals surface area contributed by atoms with Gasteiger partial charge in [0.25, 0.3) is 0 Å². The summed E-state index contributed by atoms with van der Waals surface area (Å²) in [7, 11) is 0. The standard InChI is InChI=1S/C27H34N2S/c1-5-11-19(3)24-17-26(29(20(24)4)23-14-8-7-9-15-23)25-18-30-27(28-25)22-13-10-12-21(6-2)16-22/h10,12-13,16-18,23H,3,5-9,11,14-15H2,1-2,4H3. The van der Waals surface area contributed by atoms with Crippen LogP contribution in [0.5, 0.6) is 0 Å². The first-order valence-corrected chi connectivity index (χ1v) is 12.5. The summed E-state index contributed by atoms with van der Waals surface area (Å²) in [5.74, 6) is 0. The Morgan fingerprint density at radius 3 is 2.70 bits per heavy atom. The van der Waals surface area contributed by atoms with E-state index in [2.05, 4.69) is 67.6 Å². The van der Waals surface area contributed by atoms with Gasteiger partial charge in [-0.05, 0) is 61.4 Å². The number of hydrogen-bond acceptors (Lipinski definition) is 2. The second kappa shape index (κ2) is 9.34. The van der Waals surface area contributed by atoms with Crippen LogP contribution in [0.4, 0.5) is 0 Å². The minimum atomic E-state index is 0.588. The lowest BCUT2D eigenvalue weighted by Crippen LogP contribution is -2.15. The molecule has 30 heavy (non-hydrogen) atoms. The molecular weight excluding hydrogens is 384 g/mol. The monoisotopic (exact) mass is 418 g/mol. The van der Waals surface area contributed by atoms with Gasteiger partial charge in [-0.3, -0.25) is 0 Å². The molecule has 0 amide bonds. The number of hydrogen-bond donors (Lipinski definition) is 0. The summed E-state index contributed by atoms with van der Waals surface area (Å²) in [5.41, 5.74) is 8.95. The lowest BCUT2D eigenvalue weighted by atomic mass is 9.94. The van der Waals surface area contributed by atoms with Crippen LogP contribution < -0.4 is 0 Å². The van der Waals surface area contributed by atoms with Crippen LogP contribution in [0.2, 0.25) is 0 Å². The van der Waals surface area contributed by atoms with E-state index in [1.54, 1.807) is 11.3 Å². The molecule has 0 radical (unpaired) electrons. The Labute approximate surface area is 185 Å². The van der Waals surface area contributed by atoms with Crippen molar-refractivity contribution >= 4 is 16.9 Å². The molecule has 1 aliphatic rings. The number of thiazole rings is 1. The molecule has 0 unspecified atom stereocenters. The molecule has 0 aliphatic heterocycles. The zero-order valence-corrected chi connectivity index (χ0v) is 19.5. The Morgan fingerprint density at radius 2 is 1.97 bits per heavy atom. The summed E-state index contributed by atoms with van der Waals surface area (Å²) in [6.07, 6.45) is 9.83. The molecule has 2 nitrogen and oxygen atoms in total. The van der Waals surface area contributed by atoms with Crippen molar-refractivity contribution in [3.8, 4) is 22.0 Å². The summed E-state index contributed by atoms with van der Waals surface area (Å²) in [5, 5.41) is 3.36. The molecule has 3 heteroatoms. The quantitative estimate of drug-likeness (QED) is 0.376. The van der Waals surface area contributed by atoms with Crippen molar-refractivity contribution in [1.29, 1.82) is 0 Å². The van der Waals surface area contributed by atoms with Gasteiger partial charge >= 0.3 is 0 Å². The molecule has 0 N–H and O–H groups in total. The topological polar surface area (TPSA) is 17.8 Å². The van der Waals surface area contributed by atoms with E-state index in [4.69, 9.17) is 4.98 Å². The van der Waals surface area contributed by atoms with Crippen molar-refractivity contribution in [3.05, 3.63) is 59.1 Å². The number of aryl methyl sites for hydroxylation is 1. The van der Waals surface area contributed by atoms with E-state index < -0.39 is 0 Å². The van der Waals surface area contributed by atoms with Crippen LogP contribution in [0.1, 0.15) is 81.7 Å². The van der Waals surface area contributed by atoms with Crippen molar-refractivity contribution in [2.45, 2.75) is 78.2 Å². The van der Waals surface area contributed by atoms with E-state index in [9.17, 15) is 0 Å². The molecule has 0 bridgehead atoms. The average molecular weight is 419 g/mol. The molecule has 1 aliphatic carbocycles. The lowest BCUT2D eigenvalue weighted by molar-refractivity contribution is 0.352. The molecule has 0 atom stereocenters. The van der Waals surface area contributed by atoms with Gasteiger partial charge < -0.3 is 4.57 Å². The zero-order valence-electron chi connectivity index (χ0n) is 18.7. The van der Waals surface area contributed by atoms with Crippen LogP contribution in [-0.4, -0.2) is 9.55 Å². The summed E-state index contributed by atoms with van der Waals surface area (Å²) in [6.45, 7) is 11.1. The predicted octanol–water partition coefficient (Wildman–Crippen LogP) is 8.47. The maximum atomic E-state index is 5.11. The Bertz CT molecular complexity index is 1020. The molecule has 0 spiro atoms. The van der Waals surface area contributed by atoms with E-state index in [0.29, 0.717) is 6.04 Å². The Balaban J connectivity index is 1.76. The van der Waals surface area contributed by atoms with Gasteiger partial charge in [0.2, 0.25) is 0 Å². The first kappa shape index (κ1) is 21.1. The van der Waals surface area contributed by atoms with Gasteiger partial charge in [-0.25, -0.2) is 4.98 Å². The van der Waals surface area contributed by atoms with Crippen LogP contribution in [0.15, 0.2) is 42.3 Å². The highest BCUT2D eigenvalue weighted by molar-refractivity contribution is 7.13. The highest BCUT2D eigenvalue weighted by atomic mass is 32.1. The van der Waals surface area contributed by atoms with Crippen LogP contribution in [0.25, 0.3) is 27.5 Å². The van der Waals surface area contributed by atoms with E-state index in [1.807, 2.05) is 0 Å². The molecule has 1 saturated carbocycles. The van der Waals surface area contributed by atoms with E-state index in [1.165, 1.54) is 65.8 Å². The molecule has 2 heterocycles. The molecule has 1 fully saturated rings. The first-order chi connectivity index (χ1) is 14.6. The fraction of sp³-hybridized carbons (Fsp3) is 0.444. The maximum absolute atomic E-state index is 5.11. The van der Waals surface area contributed by atoms with E-state index >= 15 is 0 Å². The zero-order chi connectivity index (χ0) is 21.1. The highest BCUT2D eigenvalue weighted by Gasteiger charge is 2.24. The number of benzene rings is 1. The van der Waals surface area contributed by atoms with Crippen molar-refractivity contribution in [1.82, 2.24) is 9.55 Å². The van der Waals surface area contributed by atoms with Crippen molar-refractivity contribution < 1.29 is 0 Å². The van der Waals surface area contributed by atoms with Crippen LogP contribution in [0.3, 0.4) is 0 Å². The SMILES string of the molecule is C=C(CCC)c1cc(-c2csc(-c3cccc(CC)c3)n2)n(C2CCCCC2)c1C. The average Bonchev–Trinajstić information content (AvgIpc) is 3.39. The Kier molecular flexibility index (Phi) is 6.58. The summed E-state index contributed by atoms with van der Waals surface area (Å²) >= 11 is 1.76. The molecular formula is C27H34N2S. The number of allylic oxidation sites excluding steroid dienone is 1. The second-order valence-electron chi connectivity index (χ2n) is 8.64. The third-order valence-electron chi connectivity index (χ3n) is 6.51.